The van der Waals surface area contributed by atoms with Crippen LogP contribution in [0, 0.1) is 0 Å². The third-order valence-electron chi connectivity index (χ3n) is 2.45. The van der Waals surface area contributed by atoms with E-state index in [2.05, 4.69) is 23.4 Å². The smallest absolute Gasteiger partial charge is 0.241 e. The summed E-state index contributed by atoms with van der Waals surface area (Å²) >= 11 is 0. The quantitative estimate of drug-likeness (QED) is 0.579. The van der Waals surface area contributed by atoms with Gasteiger partial charge < -0.3 is 9.90 Å². The maximum atomic E-state index is 9.92. The van der Waals surface area contributed by atoms with Gasteiger partial charge in [-0.3, -0.25) is 4.98 Å². The molecule has 0 fully saturated rings. The van der Waals surface area contributed by atoms with Gasteiger partial charge in [0.1, 0.15) is 12.4 Å². The van der Waals surface area contributed by atoms with E-state index in [1.165, 1.54) is 12.8 Å². The fourth-order valence-corrected chi connectivity index (χ4v) is 1.39. The maximum absolute atomic E-state index is 9.92. The van der Waals surface area contributed by atoms with Gasteiger partial charge in [-0.05, 0) is 19.8 Å². The predicted octanol–water partition coefficient (Wildman–Crippen LogP) is 1.42. The maximum Gasteiger partial charge on any atom is 0.241 e. The van der Waals surface area contributed by atoms with Crippen LogP contribution in [0.25, 0.3) is 0 Å². The molecule has 0 saturated carbocycles. The first-order valence-corrected chi connectivity index (χ1v) is 6.42. The number of carboxylic acid groups (broad SMARTS) is 1. The fraction of sp³-hybridized carbons (Fsp3) is 0.692. The number of aliphatic carboxylic acids is 1. The summed E-state index contributed by atoms with van der Waals surface area (Å²) in [6.45, 7) is 5.29. The van der Waals surface area contributed by atoms with Gasteiger partial charge in [0.15, 0.2) is 0 Å². The molecule has 0 saturated heterocycles. The molecule has 1 aromatic rings. The number of aryl methyl sites for hydroxylation is 1. The molecule has 0 spiro atoms. The third-order valence-corrected chi connectivity index (χ3v) is 2.45. The lowest BCUT2D eigenvalue weighted by atomic mass is 10.1. The van der Waals surface area contributed by atoms with Crippen LogP contribution in [0.4, 0.5) is 0 Å². The second-order valence-electron chi connectivity index (χ2n) is 3.98. The van der Waals surface area contributed by atoms with Crippen molar-refractivity contribution in [2.24, 2.45) is 0 Å². The highest BCUT2D eigenvalue weighted by atomic mass is 16.4. The zero-order chi connectivity index (χ0) is 12.9. The summed E-state index contributed by atoms with van der Waals surface area (Å²) in [7, 11) is 0. The number of hydrogen-bond acceptors (Lipinski definition) is 2. The molecule has 0 atom stereocenters. The van der Waals surface area contributed by atoms with E-state index in [1.54, 1.807) is 0 Å². The van der Waals surface area contributed by atoms with Crippen molar-refractivity contribution >= 4 is 5.97 Å². The van der Waals surface area contributed by atoms with Gasteiger partial charge in [-0.25, -0.2) is 4.57 Å². The molecule has 0 bridgehead atoms. The van der Waals surface area contributed by atoms with Crippen LogP contribution in [0.5, 0.6) is 0 Å². The molecule has 1 N–H and O–H groups in total. The highest BCUT2D eigenvalue weighted by Gasteiger charge is 1.88. The molecular weight excluding hydrogens is 216 g/mol. The van der Waals surface area contributed by atoms with E-state index in [-0.39, 0.29) is 6.42 Å². The van der Waals surface area contributed by atoms with Gasteiger partial charge >= 0.3 is 0 Å². The number of nitrogens with zero attached hydrogens (tertiary/aromatic N) is 1. The number of unbranched alkanes of at least 4 members (excludes halogenated alkanes) is 4. The SMILES string of the molecule is CCCCCCCC(=O)[O-].CC[n+]1cc[nH]c1. The molecule has 4 heteroatoms. The standard InChI is InChI=1S/C8H16O2.C5H8N2/c1-2-3-4-5-6-7-8(9)10;1-2-7-4-3-6-5-7/h2-7H2,1H3,(H,9,10);3-5H,2H2,1H3. The lowest BCUT2D eigenvalue weighted by Gasteiger charge is -2.00. The Hall–Kier alpha value is -1.32. The molecule has 0 aliphatic rings. The van der Waals surface area contributed by atoms with E-state index in [9.17, 15) is 9.90 Å². The van der Waals surface area contributed by atoms with Crippen molar-refractivity contribution in [2.45, 2.75) is 58.9 Å². The van der Waals surface area contributed by atoms with Gasteiger partial charge in [-0.15, -0.1) is 0 Å². The first kappa shape index (κ1) is 15.7. The minimum Gasteiger partial charge on any atom is -0.550 e. The molecule has 0 unspecified atom stereocenters. The number of rotatable bonds is 7. The molecule has 0 amide bonds. The highest BCUT2D eigenvalue weighted by molar-refractivity contribution is 5.63. The Morgan fingerprint density at radius 3 is 2.35 bits per heavy atom. The van der Waals surface area contributed by atoms with Crippen LogP contribution >= 0.6 is 0 Å². The topological polar surface area (TPSA) is 59.8 Å². The van der Waals surface area contributed by atoms with Gasteiger partial charge in [-0.1, -0.05) is 32.6 Å². The highest BCUT2D eigenvalue weighted by Crippen LogP contribution is 2.03. The summed E-state index contributed by atoms with van der Waals surface area (Å²) in [6.07, 6.45) is 11.4. The molecular formula is C13H24N2O2. The van der Waals surface area contributed by atoms with Crippen LogP contribution in [0.3, 0.4) is 0 Å². The first-order valence-electron chi connectivity index (χ1n) is 6.42. The van der Waals surface area contributed by atoms with Gasteiger partial charge in [0.05, 0.1) is 6.54 Å². The molecule has 0 radical (unpaired) electrons. The van der Waals surface area contributed by atoms with Gasteiger partial charge in [0, 0.05) is 5.97 Å². The van der Waals surface area contributed by atoms with E-state index in [0.717, 1.165) is 25.8 Å². The van der Waals surface area contributed by atoms with E-state index in [4.69, 9.17) is 0 Å². The van der Waals surface area contributed by atoms with Crippen molar-refractivity contribution in [3.8, 4) is 0 Å². The number of aromatic amines is 1. The molecule has 0 aromatic carbocycles. The Morgan fingerprint density at radius 2 is 1.94 bits per heavy atom. The molecule has 0 aliphatic carbocycles. The number of carboxylic acids is 1. The minimum absolute atomic E-state index is 0.226. The molecule has 98 valence electrons. The molecule has 17 heavy (non-hydrogen) atoms. The number of aromatic nitrogens is 2. The lowest BCUT2D eigenvalue weighted by Crippen LogP contribution is -2.27. The van der Waals surface area contributed by atoms with E-state index in [0.29, 0.717) is 0 Å². The van der Waals surface area contributed by atoms with E-state index in [1.807, 2.05) is 18.7 Å². The first-order chi connectivity index (χ1) is 8.20. The Labute approximate surface area is 104 Å². The van der Waals surface area contributed by atoms with Crippen LogP contribution in [-0.2, 0) is 11.3 Å². The number of carbonyl (C=O) groups is 1. The van der Waals surface area contributed by atoms with Crippen molar-refractivity contribution in [2.75, 3.05) is 0 Å². The summed E-state index contributed by atoms with van der Waals surface area (Å²) in [4.78, 5) is 12.9. The Balaban J connectivity index is 0.000000318. The Kier molecular flexibility index (Phi) is 10.3. The third kappa shape index (κ3) is 11.0. The van der Waals surface area contributed by atoms with Gasteiger partial charge in [-0.2, -0.15) is 0 Å². The normalized spacial score (nSPS) is 9.53. The molecule has 0 aliphatic heterocycles. The van der Waals surface area contributed by atoms with E-state index < -0.39 is 5.97 Å². The molecule has 1 aromatic heterocycles. The monoisotopic (exact) mass is 240 g/mol. The van der Waals surface area contributed by atoms with Crippen LogP contribution in [0.1, 0.15) is 52.4 Å². The number of imidazole rings is 1. The Morgan fingerprint density at radius 1 is 1.24 bits per heavy atom. The zero-order valence-corrected chi connectivity index (χ0v) is 10.9. The average Bonchev–Trinajstić information content (AvgIpc) is 2.82. The summed E-state index contributed by atoms with van der Waals surface area (Å²) in [5, 5.41) is 9.92. The van der Waals surface area contributed by atoms with Gasteiger partial charge in [0.25, 0.3) is 0 Å². The second-order valence-corrected chi connectivity index (χ2v) is 3.98. The van der Waals surface area contributed by atoms with Crippen LogP contribution in [0.2, 0.25) is 0 Å². The van der Waals surface area contributed by atoms with Crippen LogP contribution in [0.15, 0.2) is 18.7 Å². The van der Waals surface area contributed by atoms with Crippen molar-refractivity contribution < 1.29 is 14.5 Å². The van der Waals surface area contributed by atoms with Gasteiger partial charge in [0.2, 0.25) is 6.33 Å². The van der Waals surface area contributed by atoms with Crippen molar-refractivity contribution in [3.63, 3.8) is 0 Å². The Bertz CT molecular complexity index is 271. The number of H-pyrrole nitrogens is 1. The number of hydrogen-bond donors (Lipinski definition) is 1. The zero-order valence-electron chi connectivity index (χ0n) is 10.9. The number of nitrogens with one attached hydrogen (secondary N) is 1. The summed E-state index contributed by atoms with van der Waals surface area (Å²) in [5.74, 6) is -0.920. The van der Waals surface area contributed by atoms with Crippen LogP contribution < -0.4 is 9.67 Å². The summed E-state index contributed by atoms with van der Waals surface area (Å²) in [5.41, 5.74) is 0. The predicted molar refractivity (Wildman–Crippen MR) is 65.0 cm³/mol. The lowest BCUT2D eigenvalue weighted by molar-refractivity contribution is -0.692. The largest absolute Gasteiger partial charge is 0.550 e. The van der Waals surface area contributed by atoms with E-state index >= 15 is 0 Å². The average molecular weight is 240 g/mol. The molecule has 1 heterocycles. The fourth-order valence-electron chi connectivity index (χ4n) is 1.39. The molecule has 1 rings (SSSR count). The minimum atomic E-state index is -0.920. The van der Waals surface area contributed by atoms with Crippen molar-refractivity contribution in [3.05, 3.63) is 18.7 Å². The second kappa shape index (κ2) is 11.2. The molecule has 4 nitrogen and oxygen atoms in total. The van der Waals surface area contributed by atoms with Crippen LogP contribution in [-0.4, -0.2) is 11.0 Å². The number of carbonyl (C=O) groups excluding carboxylic acids is 1. The summed E-state index contributed by atoms with van der Waals surface area (Å²) in [6, 6.07) is 0. The summed E-state index contributed by atoms with van der Waals surface area (Å²) < 4.78 is 2.07. The van der Waals surface area contributed by atoms with Crippen molar-refractivity contribution in [1.82, 2.24) is 4.98 Å². The van der Waals surface area contributed by atoms with Crippen molar-refractivity contribution in [1.29, 1.82) is 0 Å².